The third kappa shape index (κ3) is 4.24. The molecule has 5 heteroatoms. The zero-order valence-electron chi connectivity index (χ0n) is 16.5. The van der Waals surface area contributed by atoms with Crippen LogP contribution in [0.25, 0.3) is 0 Å². The summed E-state index contributed by atoms with van der Waals surface area (Å²) in [5.41, 5.74) is 4.04. The van der Waals surface area contributed by atoms with Crippen LogP contribution in [0.2, 0.25) is 0 Å². The van der Waals surface area contributed by atoms with Crippen LogP contribution < -0.4 is 5.32 Å². The Balaban J connectivity index is 1.54. The molecule has 2 heterocycles. The van der Waals surface area contributed by atoms with Crippen LogP contribution in [0, 0.1) is 19.8 Å². The molecule has 1 aliphatic rings. The molecule has 1 N–H and O–H groups in total. The van der Waals surface area contributed by atoms with Gasteiger partial charge in [0, 0.05) is 43.5 Å². The second-order valence-corrected chi connectivity index (χ2v) is 7.30. The number of hydrogen-bond donors (Lipinski definition) is 1. The molecule has 0 saturated carbocycles. The summed E-state index contributed by atoms with van der Waals surface area (Å²) in [4.78, 5) is 27.2. The summed E-state index contributed by atoms with van der Waals surface area (Å²) >= 11 is 0. The molecule has 3 rings (SSSR count). The number of nitrogens with one attached hydrogen (secondary N) is 1. The van der Waals surface area contributed by atoms with Crippen LogP contribution in [-0.2, 0) is 17.9 Å². The zero-order chi connectivity index (χ0) is 19.4. The van der Waals surface area contributed by atoms with E-state index in [1.54, 1.807) is 0 Å². The summed E-state index contributed by atoms with van der Waals surface area (Å²) in [7, 11) is 0. The van der Waals surface area contributed by atoms with Crippen molar-refractivity contribution < 1.29 is 9.59 Å². The Hall–Kier alpha value is -2.56. The number of aromatic nitrogens is 1. The Bertz CT molecular complexity index is 802. The van der Waals surface area contributed by atoms with Crippen molar-refractivity contribution in [3.05, 3.63) is 58.9 Å². The zero-order valence-corrected chi connectivity index (χ0v) is 16.5. The lowest BCUT2D eigenvalue weighted by molar-refractivity contribution is -0.126. The van der Waals surface area contributed by atoms with E-state index >= 15 is 0 Å². The fraction of sp³-hybridized carbons (Fsp3) is 0.455. The molecule has 2 amide bonds. The van der Waals surface area contributed by atoms with E-state index in [-0.39, 0.29) is 17.7 Å². The smallest absolute Gasteiger partial charge is 0.255 e. The molecule has 0 spiro atoms. The van der Waals surface area contributed by atoms with Crippen molar-refractivity contribution in [1.29, 1.82) is 0 Å². The van der Waals surface area contributed by atoms with Gasteiger partial charge in [0.2, 0.25) is 5.91 Å². The highest BCUT2D eigenvalue weighted by Crippen LogP contribution is 2.22. The largest absolute Gasteiger partial charge is 0.352 e. The van der Waals surface area contributed by atoms with Gasteiger partial charge in [-0.1, -0.05) is 30.3 Å². The predicted molar refractivity (Wildman–Crippen MR) is 106 cm³/mol. The van der Waals surface area contributed by atoms with Gasteiger partial charge in [0.1, 0.15) is 0 Å². The minimum Gasteiger partial charge on any atom is -0.352 e. The summed E-state index contributed by atoms with van der Waals surface area (Å²) < 4.78 is 2.16. The van der Waals surface area contributed by atoms with E-state index in [1.165, 1.54) is 0 Å². The van der Waals surface area contributed by atoms with Gasteiger partial charge < -0.3 is 14.8 Å². The molecule has 0 atom stereocenters. The number of hydrogen-bond acceptors (Lipinski definition) is 2. The Morgan fingerprint density at radius 2 is 1.78 bits per heavy atom. The average Bonchev–Trinajstić information content (AvgIpc) is 2.99. The number of nitrogens with zero attached hydrogens (tertiary/aromatic N) is 2. The highest BCUT2D eigenvalue weighted by atomic mass is 16.2. The summed E-state index contributed by atoms with van der Waals surface area (Å²) in [5.74, 6) is 0.168. The van der Waals surface area contributed by atoms with Gasteiger partial charge in [-0.15, -0.1) is 0 Å². The fourth-order valence-electron chi connectivity index (χ4n) is 3.95. The van der Waals surface area contributed by atoms with Crippen molar-refractivity contribution in [1.82, 2.24) is 14.8 Å². The van der Waals surface area contributed by atoms with E-state index < -0.39 is 0 Å². The molecule has 1 aliphatic heterocycles. The minimum atomic E-state index is -0.0131. The number of amides is 2. The number of likely N-dealkylation sites (tertiary alicyclic amines) is 1. The van der Waals surface area contributed by atoms with Gasteiger partial charge in [0.05, 0.1) is 5.56 Å². The average molecular weight is 367 g/mol. The molecule has 0 radical (unpaired) electrons. The van der Waals surface area contributed by atoms with Crippen molar-refractivity contribution >= 4 is 11.8 Å². The normalized spacial score (nSPS) is 15.0. The van der Waals surface area contributed by atoms with Crippen LogP contribution in [0.3, 0.4) is 0 Å². The molecule has 144 valence electrons. The van der Waals surface area contributed by atoms with E-state index in [4.69, 9.17) is 0 Å². The van der Waals surface area contributed by atoms with Crippen molar-refractivity contribution in [2.24, 2.45) is 5.92 Å². The molecule has 2 aromatic rings. The Morgan fingerprint density at radius 3 is 2.37 bits per heavy atom. The molecule has 1 saturated heterocycles. The minimum absolute atomic E-state index is 0.0131. The van der Waals surface area contributed by atoms with Crippen LogP contribution in [0.4, 0.5) is 0 Å². The number of carbonyl (C=O) groups is 2. The quantitative estimate of drug-likeness (QED) is 0.882. The summed E-state index contributed by atoms with van der Waals surface area (Å²) in [6.45, 7) is 8.84. The van der Waals surface area contributed by atoms with Gasteiger partial charge in [-0.05, 0) is 45.2 Å². The molecule has 27 heavy (non-hydrogen) atoms. The lowest BCUT2D eigenvalue weighted by atomic mass is 9.95. The topological polar surface area (TPSA) is 54.3 Å². The summed E-state index contributed by atoms with van der Waals surface area (Å²) in [5, 5.41) is 3.03. The number of aryl methyl sites for hydroxylation is 1. The second kappa shape index (κ2) is 8.42. The van der Waals surface area contributed by atoms with Crippen LogP contribution in [0.1, 0.15) is 47.1 Å². The molecule has 1 fully saturated rings. The second-order valence-electron chi connectivity index (χ2n) is 7.30. The van der Waals surface area contributed by atoms with Crippen molar-refractivity contribution in [2.75, 3.05) is 13.1 Å². The first-order valence-corrected chi connectivity index (χ1v) is 9.79. The maximum absolute atomic E-state index is 12.9. The Kier molecular flexibility index (Phi) is 5.99. The van der Waals surface area contributed by atoms with Gasteiger partial charge in [-0.25, -0.2) is 0 Å². The maximum Gasteiger partial charge on any atom is 0.255 e. The highest BCUT2D eigenvalue weighted by Gasteiger charge is 2.29. The third-order valence-electron chi connectivity index (χ3n) is 5.58. The monoisotopic (exact) mass is 367 g/mol. The maximum atomic E-state index is 12.9. The SMILES string of the molecule is CCn1c(C)cc(C(=O)N2CCC(C(=O)NCc3ccccc3)CC2)c1C. The molecule has 0 aliphatic carbocycles. The van der Waals surface area contributed by atoms with Crippen LogP contribution in [0.5, 0.6) is 0 Å². The molecule has 1 aromatic heterocycles. The Labute approximate surface area is 161 Å². The van der Waals surface area contributed by atoms with Crippen LogP contribution in [-0.4, -0.2) is 34.4 Å². The first-order chi connectivity index (χ1) is 13.0. The molecule has 0 unspecified atom stereocenters. The molecule has 1 aromatic carbocycles. The molecule has 0 bridgehead atoms. The van der Waals surface area contributed by atoms with Gasteiger partial charge >= 0.3 is 0 Å². The van der Waals surface area contributed by atoms with Gasteiger partial charge in [0.25, 0.3) is 5.91 Å². The van der Waals surface area contributed by atoms with Gasteiger partial charge in [0.15, 0.2) is 0 Å². The number of benzene rings is 1. The number of rotatable bonds is 5. The highest BCUT2D eigenvalue weighted by molar-refractivity contribution is 5.96. The first-order valence-electron chi connectivity index (χ1n) is 9.79. The lowest BCUT2D eigenvalue weighted by Crippen LogP contribution is -2.43. The molecule has 5 nitrogen and oxygen atoms in total. The van der Waals surface area contributed by atoms with Crippen LogP contribution >= 0.6 is 0 Å². The van der Waals surface area contributed by atoms with Crippen LogP contribution in [0.15, 0.2) is 36.4 Å². The standard InChI is InChI=1S/C22H29N3O2/c1-4-25-16(2)14-20(17(25)3)22(27)24-12-10-19(11-13-24)21(26)23-15-18-8-6-5-7-9-18/h5-9,14,19H,4,10-13,15H2,1-3H3,(H,23,26). The third-order valence-corrected chi connectivity index (χ3v) is 5.58. The molecular formula is C22H29N3O2. The number of piperidine rings is 1. The summed E-state index contributed by atoms with van der Waals surface area (Å²) in [6, 6.07) is 11.9. The Morgan fingerprint density at radius 1 is 1.11 bits per heavy atom. The van der Waals surface area contributed by atoms with E-state index in [1.807, 2.05) is 55.1 Å². The van der Waals surface area contributed by atoms with Crippen molar-refractivity contribution in [2.45, 2.75) is 46.7 Å². The van der Waals surface area contributed by atoms with Crippen molar-refractivity contribution in [3.63, 3.8) is 0 Å². The van der Waals surface area contributed by atoms with Gasteiger partial charge in [-0.2, -0.15) is 0 Å². The van der Waals surface area contributed by atoms with Gasteiger partial charge in [-0.3, -0.25) is 9.59 Å². The van der Waals surface area contributed by atoms with E-state index in [9.17, 15) is 9.59 Å². The van der Waals surface area contributed by atoms with E-state index in [0.29, 0.717) is 19.6 Å². The summed E-state index contributed by atoms with van der Waals surface area (Å²) in [6.07, 6.45) is 1.44. The first kappa shape index (κ1) is 19.2. The van der Waals surface area contributed by atoms with Crippen molar-refractivity contribution in [3.8, 4) is 0 Å². The van der Waals surface area contributed by atoms with E-state index in [0.717, 1.165) is 41.9 Å². The predicted octanol–water partition coefficient (Wildman–Crippen LogP) is 3.29. The van der Waals surface area contributed by atoms with E-state index in [2.05, 4.69) is 16.8 Å². The lowest BCUT2D eigenvalue weighted by Gasteiger charge is -2.31. The number of carbonyl (C=O) groups excluding carboxylic acids is 2. The fourth-order valence-corrected chi connectivity index (χ4v) is 3.95. The molecular weight excluding hydrogens is 338 g/mol.